The third-order valence-electron chi connectivity index (χ3n) is 3.54. The summed E-state index contributed by atoms with van der Waals surface area (Å²) in [5.41, 5.74) is 10.4. The van der Waals surface area contributed by atoms with Gasteiger partial charge in [0.15, 0.2) is 0 Å². The van der Waals surface area contributed by atoms with Crippen molar-refractivity contribution < 1.29 is 0 Å². The normalized spacial score (nSPS) is 12.4. The van der Waals surface area contributed by atoms with Gasteiger partial charge in [0.05, 0.1) is 0 Å². The molecule has 0 bridgehead atoms. The van der Waals surface area contributed by atoms with Crippen molar-refractivity contribution in [3.63, 3.8) is 0 Å². The maximum Gasteiger partial charge on any atom is 0.253 e. The van der Waals surface area contributed by atoms with Crippen molar-refractivity contribution in [1.82, 2.24) is 9.55 Å². The lowest BCUT2D eigenvalue weighted by Crippen LogP contribution is -2.29. The Hall–Kier alpha value is -1.94. The van der Waals surface area contributed by atoms with Gasteiger partial charge in [0.1, 0.15) is 5.82 Å². The molecule has 1 heterocycles. The topological polar surface area (TPSA) is 60.9 Å². The van der Waals surface area contributed by atoms with E-state index < -0.39 is 0 Å². The Kier molecular flexibility index (Phi) is 4.04. The van der Waals surface area contributed by atoms with Crippen LogP contribution in [0.3, 0.4) is 0 Å². The SMILES string of the molecule is Cc1ccc(C)c(C(N)Cn2c(C)nc(C)cc2=O)c1. The Morgan fingerprint density at radius 3 is 2.55 bits per heavy atom. The molecule has 2 rings (SSSR count). The first-order valence-corrected chi connectivity index (χ1v) is 6.76. The van der Waals surface area contributed by atoms with E-state index in [4.69, 9.17) is 5.73 Å². The van der Waals surface area contributed by atoms with Gasteiger partial charge in [-0.15, -0.1) is 0 Å². The van der Waals surface area contributed by atoms with Crippen molar-refractivity contribution >= 4 is 0 Å². The summed E-state index contributed by atoms with van der Waals surface area (Å²) in [5.74, 6) is 0.704. The van der Waals surface area contributed by atoms with Crippen LogP contribution in [-0.4, -0.2) is 9.55 Å². The molecule has 0 saturated heterocycles. The van der Waals surface area contributed by atoms with Crippen LogP contribution in [0.1, 0.15) is 34.3 Å². The molecular formula is C16H21N3O. The predicted octanol–water partition coefficient (Wildman–Crippen LogP) is 2.18. The summed E-state index contributed by atoms with van der Waals surface area (Å²) >= 11 is 0. The van der Waals surface area contributed by atoms with Crippen molar-refractivity contribution in [2.45, 2.75) is 40.3 Å². The lowest BCUT2D eigenvalue weighted by Gasteiger charge is -2.18. The summed E-state index contributed by atoms with van der Waals surface area (Å²) in [6.45, 7) is 8.19. The third-order valence-corrected chi connectivity index (χ3v) is 3.54. The molecule has 1 atom stereocenters. The van der Waals surface area contributed by atoms with E-state index >= 15 is 0 Å². The number of benzene rings is 1. The van der Waals surface area contributed by atoms with Gasteiger partial charge in [0.25, 0.3) is 5.56 Å². The van der Waals surface area contributed by atoms with Gasteiger partial charge in [-0.05, 0) is 38.8 Å². The second kappa shape index (κ2) is 5.59. The predicted molar refractivity (Wildman–Crippen MR) is 80.8 cm³/mol. The molecule has 0 radical (unpaired) electrons. The largest absolute Gasteiger partial charge is 0.322 e. The zero-order valence-electron chi connectivity index (χ0n) is 12.5. The van der Waals surface area contributed by atoms with E-state index in [0.29, 0.717) is 12.4 Å². The maximum atomic E-state index is 12.0. The van der Waals surface area contributed by atoms with Crippen LogP contribution in [0.15, 0.2) is 29.1 Å². The van der Waals surface area contributed by atoms with E-state index in [9.17, 15) is 4.79 Å². The first kappa shape index (κ1) is 14.5. The van der Waals surface area contributed by atoms with Crippen LogP contribution in [0.2, 0.25) is 0 Å². The summed E-state index contributed by atoms with van der Waals surface area (Å²) in [4.78, 5) is 16.4. The fourth-order valence-electron chi connectivity index (χ4n) is 2.44. The van der Waals surface area contributed by atoms with Crippen LogP contribution < -0.4 is 11.3 Å². The molecule has 2 N–H and O–H groups in total. The van der Waals surface area contributed by atoms with Crippen molar-refractivity contribution in [3.05, 3.63) is 62.8 Å². The molecule has 0 amide bonds. The van der Waals surface area contributed by atoms with Gasteiger partial charge in [-0.3, -0.25) is 9.36 Å². The number of aryl methyl sites for hydroxylation is 4. The summed E-state index contributed by atoms with van der Waals surface area (Å²) < 4.78 is 1.64. The minimum absolute atomic E-state index is 0.0456. The van der Waals surface area contributed by atoms with E-state index in [1.165, 1.54) is 5.56 Å². The second-order valence-electron chi connectivity index (χ2n) is 5.36. The third kappa shape index (κ3) is 2.96. The molecule has 0 fully saturated rings. The maximum absolute atomic E-state index is 12.0. The van der Waals surface area contributed by atoms with Gasteiger partial charge in [-0.25, -0.2) is 4.98 Å². The summed E-state index contributed by atoms with van der Waals surface area (Å²) in [6.07, 6.45) is 0. The van der Waals surface area contributed by atoms with E-state index in [2.05, 4.69) is 23.2 Å². The van der Waals surface area contributed by atoms with E-state index in [-0.39, 0.29) is 11.6 Å². The number of hydrogen-bond donors (Lipinski definition) is 1. The van der Waals surface area contributed by atoms with Crippen LogP contribution in [0.5, 0.6) is 0 Å². The summed E-state index contributed by atoms with van der Waals surface area (Å²) in [7, 11) is 0. The van der Waals surface area contributed by atoms with Crippen LogP contribution in [-0.2, 0) is 6.54 Å². The number of hydrogen-bond acceptors (Lipinski definition) is 3. The van der Waals surface area contributed by atoms with Crippen molar-refractivity contribution in [1.29, 1.82) is 0 Å². The molecule has 0 saturated carbocycles. The molecule has 1 aromatic heterocycles. The fraction of sp³-hybridized carbons (Fsp3) is 0.375. The highest BCUT2D eigenvalue weighted by molar-refractivity contribution is 5.32. The highest BCUT2D eigenvalue weighted by Gasteiger charge is 2.12. The average molecular weight is 271 g/mol. The lowest BCUT2D eigenvalue weighted by atomic mass is 9.99. The van der Waals surface area contributed by atoms with E-state index in [0.717, 1.165) is 16.8 Å². The monoisotopic (exact) mass is 271 g/mol. The average Bonchev–Trinajstić information content (AvgIpc) is 2.36. The molecule has 0 aliphatic carbocycles. The van der Waals surface area contributed by atoms with Gasteiger partial charge < -0.3 is 5.73 Å². The number of rotatable bonds is 3. The zero-order chi connectivity index (χ0) is 14.9. The first-order valence-electron chi connectivity index (χ1n) is 6.76. The zero-order valence-corrected chi connectivity index (χ0v) is 12.5. The molecule has 106 valence electrons. The Morgan fingerprint density at radius 1 is 1.20 bits per heavy atom. The van der Waals surface area contributed by atoms with E-state index in [1.54, 1.807) is 10.6 Å². The Bertz CT molecular complexity index is 689. The fourth-order valence-corrected chi connectivity index (χ4v) is 2.44. The molecular weight excluding hydrogens is 250 g/mol. The highest BCUT2D eigenvalue weighted by Crippen LogP contribution is 2.18. The Labute approximate surface area is 119 Å². The van der Waals surface area contributed by atoms with Crippen molar-refractivity contribution in [2.75, 3.05) is 0 Å². The second-order valence-corrected chi connectivity index (χ2v) is 5.36. The molecule has 0 spiro atoms. The molecule has 4 heteroatoms. The van der Waals surface area contributed by atoms with Crippen LogP contribution >= 0.6 is 0 Å². The molecule has 1 aromatic carbocycles. The van der Waals surface area contributed by atoms with Crippen LogP contribution in [0, 0.1) is 27.7 Å². The van der Waals surface area contributed by atoms with E-state index in [1.807, 2.05) is 27.7 Å². The molecule has 20 heavy (non-hydrogen) atoms. The van der Waals surface area contributed by atoms with Gasteiger partial charge >= 0.3 is 0 Å². The lowest BCUT2D eigenvalue weighted by molar-refractivity contribution is 0.536. The van der Waals surface area contributed by atoms with Crippen molar-refractivity contribution in [3.8, 4) is 0 Å². The molecule has 4 nitrogen and oxygen atoms in total. The van der Waals surface area contributed by atoms with Crippen molar-refractivity contribution in [2.24, 2.45) is 5.73 Å². The Morgan fingerprint density at radius 2 is 1.90 bits per heavy atom. The molecule has 0 aliphatic heterocycles. The van der Waals surface area contributed by atoms with Crippen LogP contribution in [0.4, 0.5) is 0 Å². The molecule has 0 aliphatic rings. The number of aromatic nitrogens is 2. The summed E-state index contributed by atoms with van der Waals surface area (Å²) in [6, 6.07) is 7.55. The first-order chi connectivity index (χ1) is 9.38. The van der Waals surface area contributed by atoms with Gasteiger partial charge in [0.2, 0.25) is 0 Å². The Balaban J connectivity index is 2.35. The standard InChI is InChI=1S/C16H21N3O/c1-10-5-6-11(2)14(7-10)15(17)9-19-13(4)18-12(3)8-16(19)20/h5-8,15H,9,17H2,1-4H3. The van der Waals surface area contributed by atoms with Crippen LogP contribution in [0.25, 0.3) is 0 Å². The number of nitrogens with two attached hydrogens (primary N) is 1. The quantitative estimate of drug-likeness (QED) is 0.930. The molecule has 2 aromatic rings. The minimum Gasteiger partial charge on any atom is -0.322 e. The van der Waals surface area contributed by atoms with Gasteiger partial charge in [-0.2, -0.15) is 0 Å². The van der Waals surface area contributed by atoms with Gasteiger partial charge in [-0.1, -0.05) is 23.8 Å². The summed E-state index contributed by atoms with van der Waals surface area (Å²) in [5, 5.41) is 0. The number of nitrogens with zero attached hydrogens (tertiary/aromatic N) is 2. The molecule has 1 unspecified atom stereocenters. The minimum atomic E-state index is -0.212. The van der Waals surface area contributed by atoms with Gasteiger partial charge in [0, 0.05) is 24.3 Å². The highest BCUT2D eigenvalue weighted by atomic mass is 16.1. The smallest absolute Gasteiger partial charge is 0.253 e.